The molecule has 28 heavy (non-hydrogen) atoms. The van der Waals surface area contributed by atoms with E-state index in [1.165, 1.54) is 11.3 Å². The van der Waals surface area contributed by atoms with Crippen molar-refractivity contribution in [3.05, 3.63) is 47.0 Å². The molecule has 0 aliphatic rings. The average molecular weight is 405 g/mol. The van der Waals surface area contributed by atoms with E-state index in [2.05, 4.69) is 10.3 Å². The van der Waals surface area contributed by atoms with Gasteiger partial charge in [-0.1, -0.05) is 30.3 Å². The van der Waals surface area contributed by atoms with Gasteiger partial charge in [-0.15, -0.1) is 11.3 Å². The predicted octanol–water partition coefficient (Wildman–Crippen LogP) is 2.39. The number of hydrogen-bond donors (Lipinski definition) is 1. The number of hydrogen-bond acceptors (Lipinski definition) is 6. The first-order valence-corrected chi connectivity index (χ1v) is 10.1. The number of carbonyl (C=O) groups excluding carboxylic acids is 2. The second-order valence-corrected chi connectivity index (χ2v) is 7.65. The third-order valence-corrected chi connectivity index (χ3v) is 4.80. The molecule has 1 aromatic heterocycles. The number of ether oxygens (including phenoxy) is 1. The van der Waals surface area contributed by atoms with Crippen LogP contribution in [0.3, 0.4) is 0 Å². The first kappa shape index (κ1) is 22.0. The summed E-state index contributed by atoms with van der Waals surface area (Å²) in [6, 6.07) is 9.69. The maximum atomic E-state index is 12.6. The number of aromatic nitrogens is 1. The molecule has 1 heterocycles. The minimum Gasteiger partial charge on any atom is -0.367 e. The smallest absolute Gasteiger partial charge is 0.249 e. The first-order chi connectivity index (χ1) is 13.4. The highest BCUT2D eigenvalue weighted by atomic mass is 32.1. The Balaban J connectivity index is 1.86. The maximum Gasteiger partial charge on any atom is 0.249 e. The van der Waals surface area contributed by atoms with Gasteiger partial charge in [-0.3, -0.25) is 9.59 Å². The summed E-state index contributed by atoms with van der Waals surface area (Å²) in [4.78, 5) is 32.8. The lowest BCUT2D eigenvalue weighted by atomic mass is 10.2. The van der Waals surface area contributed by atoms with Gasteiger partial charge in [0.2, 0.25) is 11.8 Å². The van der Waals surface area contributed by atoms with Crippen LogP contribution in [-0.2, 0) is 20.9 Å². The summed E-state index contributed by atoms with van der Waals surface area (Å²) in [7, 11) is 3.96. The van der Waals surface area contributed by atoms with Crippen molar-refractivity contribution in [2.24, 2.45) is 0 Å². The highest BCUT2D eigenvalue weighted by Gasteiger charge is 2.18. The van der Waals surface area contributed by atoms with E-state index < -0.39 is 0 Å². The highest BCUT2D eigenvalue weighted by Crippen LogP contribution is 2.14. The van der Waals surface area contributed by atoms with Crippen molar-refractivity contribution in [3.8, 4) is 0 Å². The summed E-state index contributed by atoms with van der Waals surface area (Å²) in [6.45, 7) is 3.49. The lowest BCUT2D eigenvalue weighted by Gasteiger charge is -2.23. The molecule has 2 aromatic rings. The fourth-order valence-electron chi connectivity index (χ4n) is 2.53. The fraction of sp³-hybridized carbons (Fsp3) is 0.450. The minimum absolute atomic E-state index is 0.0143. The minimum atomic E-state index is -0.254. The number of aryl methyl sites for hydroxylation is 1. The SMILES string of the molecule is Cc1csc(NC(=O)CN(CCCN(C)C)C(=O)COCc2ccccc2)n1. The van der Waals surface area contributed by atoms with Crippen LogP contribution in [-0.4, -0.2) is 66.9 Å². The van der Waals surface area contributed by atoms with Crippen LogP contribution in [0.2, 0.25) is 0 Å². The Labute approximate surface area is 170 Å². The molecule has 2 rings (SSSR count). The second-order valence-electron chi connectivity index (χ2n) is 6.79. The van der Waals surface area contributed by atoms with Gasteiger partial charge in [0, 0.05) is 11.9 Å². The molecule has 0 saturated heterocycles. The normalized spacial score (nSPS) is 10.9. The van der Waals surface area contributed by atoms with Crippen LogP contribution < -0.4 is 5.32 Å². The lowest BCUT2D eigenvalue weighted by molar-refractivity contribution is -0.139. The van der Waals surface area contributed by atoms with Gasteiger partial charge in [0.05, 0.1) is 18.8 Å². The Morgan fingerprint density at radius 1 is 1.18 bits per heavy atom. The molecule has 0 radical (unpaired) electrons. The van der Waals surface area contributed by atoms with E-state index in [1.807, 2.05) is 61.6 Å². The molecular formula is C20H28N4O3S. The van der Waals surface area contributed by atoms with E-state index in [4.69, 9.17) is 4.74 Å². The summed E-state index contributed by atoms with van der Waals surface area (Å²) >= 11 is 1.37. The largest absolute Gasteiger partial charge is 0.367 e. The Bertz CT molecular complexity index is 749. The molecule has 0 saturated carbocycles. The summed E-state index contributed by atoms with van der Waals surface area (Å²) in [5, 5.41) is 5.17. The van der Waals surface area contributed by atoms with Crippen molar-refractivity contribution >= 4 is 28.3 Å². The van der Waals surface area contributed by atoms with E-state index in [0.29, 0.717) is 18.3 Å². The van der Waals surface area contributed by atoms with Crippen molar-refractivity contribution in [1.82, 2.24) is 14.8 Å². The predicted molar refractivity (Wildman–Crippen MR) is 111 cm³/mol. The van der Waals surface area contributed by atoms with Gasteiger partial charge in [0.25, 0.3) is 0 Å². The topological polar surface area (TPSA) is 74.8 Å². The van der Waals surface area contributed by atoms with Crippen LogP contribution in [0.25, 0.3) is 0 Å². The summed E-state index contributed by atoms with van der Waals surface area (Å²) in [6.07, 6.45) is 0.779. The molecular weight excluding hydrogens is 376 g/mol. The van der Waals surface area contributed by atoms with E-state index in [1.54, 1.807) is 4.90 Å². The van der Waals surface area contributed by atoms with Gasteiger partial charge in [0.15, 0.2) is 5.13 Å². The molecule has 0 bridgehead atoms. The fourth-order valence-corrected chi connectivity index (χ4v) is 3.24. The Morgan fingerprint density at radius 2 is 1.93 bits per heavy atom. The van der Waals surface area contributed by atoms with E-state index in [0.717, 1.165) is 24.2 Å². The second kappa shape index (κ2) is 11.5. The first-order valence-electron chi connectivity index (χ1n) is 9.20. The molecule has 0 aliphatic heterocycles. The van der Waals surface area contributed by atoms with E-state index >= 15 is 0 Å². The quantitative estimate of drug-likeness (QED) is 0.622. The molecule has 1 N–H and O–H groups in total. The van der Waals surface area contributed by atoms with Crippen LogP contribution >= 0.6 is 11.3 Å². The van der Waals surface area contributed by atoms with Crippen LogP contribution in [0.1, 0.15) is 17.7 Å². The highest BCUT2D eigenvalue weighted by molar-refractivity contribution is 7.13. The van der Waals surface area contributed by atoms with Gasteiger partial charge in [-0.25, -0.2) is 4.98 Å². The van der Waals surface area contributed by atoms with E-state index in [9.17, 15) is 9.59 Å². The summed E-state index contributed by atoms with van der Waals surface area (Å²) < 4.78 is 5.55. The molecule has 0 aliphatic carbocycles. The Morgan fingerprint density at radius 3 is 2.57 bits per heavy atom. The summed E-state index contributed by atoms with van der Waals surface area (Å²) in [5.74, 6) is -0.448. The third-order valence-electron chi connectivity index (χ3n) is 3.92. The van der Waals surface area contributed by atoms with E-state index in [-0.39, 0.29) is 25.0 Å². The molecule has 152 valence electrons. The summed E-state index contributed by atoms with van der Waals surface area (Å²) in [5.41, 5.74) is 1.86. The zero-order chi connectivity index (χ0) is 20.4. The molecule has 0 spiro atoms. The van der Waals surface area contributed by atoms with Gasteiger partial charge in [-0.2, -0.15) is 0 Å². The maximum absolute atomic E-state index is 12.6. The van der Waals surface area contributed by atoms with Crippen molar-refractivity contribution in [1.29, 1.82) is 0 Å². The number of thiazole rings is 1. The number of nitrogens with one attached hydrogen (secondary N) is 1. The molecule has 2 amide bonds. The zero-order valence-corrected chi connectivity index (χ0v) is 17.5. The van der Waals surface area contributed by atoms with Gasteiger partial charge in [0.1, 0.15) is 6.61 Å². The van der Waals surface area contributed by atoms with Gasteiger partial charge < -0.3 is 19.9 Å². The molecule has 1 aromatic carbocycles. The van der Waals surface area contributed by atoms with Crippen molar-refractivity contribution in [2.45, 2.75) is 20.0 Å². The van der Waals surface area contributed by atoms with Crippen molar-refractivity contribution in [2.75, 3.05) is 45.7 Å². The Hall–Kier alpha value is -2.29. The monoisotopic (exact) mass is 404 g/mol. The number of anilines is 1. The number of amides is 2. The number of benzene rings is 1. The number of carbonyl (C=O) groups is 2. The van der Waals surface area contributed by atoms with Crippen molar-refractivity contribution < 1.29 is 14.3 Å². The van der Waals surface area contributed by atoms with Crippen LogP contribution in [0.5, 0.6) is 0 Å². The van der Waals surface area contributed by atoms with Crippen LogP contribution in [0.4, 0.5) is 5.13 Å². The standard InChI is InChI=1S/C20H28N4O3S/c1-16-15-28-20(21-16)22-18(25)12-24(11-7-10-23(2)3)19(26)14-27-13-17-8-5-4-6-9-17/h4-6,8-9,15H,7,10-14H2,1-3H3,(H,21,22,25). The lowest BCUT2D eigenvalue weighted by Crippen LogP contribution is -2.41. The molecule has 0 fully saturated rings. The number of nitrogens with zero attached hydrogens (tertiary/aromatic N) is 3. The number of rotatable bonds is 11. The zero-order valence-electron chi connectivity index (χ0n) is 16.7. The molecule has 7 nitrogen and oxygen atoms in total. The Kier molecular flexibility index (Phi) is 9.06. The third kappa shape index (κ3) is 8.16. The van der Waals surface area contributed by atoms with Gasteiger partial charge >= 0.3 is 0 Å². The molecule has 8 heteroatoms. The van der Waals surface area contributed by atoms with Gasteiger partial charge in [-0.05, 0) is 39.5 Å². The molecule has 0 atom stereocenters. The van der Waals surface area contributed by atoms with Crippen LogP contribution in [0, 0.1) is 6.92 Å². The molecule has 0 unspecified atom stereocenters. The average Bonchev–Trinajstić information content (AvgIpc) is 3.06. The van der Waals surface area contributed by atoms with Crippen LogP contribution in [0.15, 0.2) is 35.7 Å². The van der Waals surface area contributed by atoms with Crippen molar-refractivity contribution in [3.63, 3.8) is 0 Å².